The minimum Gasteiger partial charge on any atom is -0.356 e. The van der Waals surface area contributed by atoms with Gasteiger partial charge >= 0.3 is 0 Å². The Kier molecular flexibility index (Phi) is 7.85. The van der Waals surface area contributed by atoms with Crippen LogP contribution in [0.3, 0.4) is 0 Å². The lowest BCUT2D eigenvalue weighted by atomic mass is 9.91. The van der Waals surface area contributed by atoms with E-state index >= 15 is 0 Å². The van der Waals surface area contributed by atoms with E-state index in [9.17, 15) is 4.79 Å². The summed E-state index contributed by atoms with van der Waals surface area (Å²) in [4.78, 5) is 17.8. The fourth-order valence-electron chi connectivity index (χ4n) is 2.62. The molecule has 0 aliphatic rings. The number of nitrogens with one attached hydrogen (secondary N) is 3. The first kappa shape index (κ1) is 21.0. The van der Waals surface area contributed by atoms with Crippen molar-refractivity contribution >= 4 is 23.2 Å². The van der Waals surface area contributed by atoms with Crippen LogP contribution >= 0.6 is 11.3 Å². The molecule has 0 radical (unpaired) electrons. The van der Waals surface area contributed by atoms with Crippen LogP contribution in [0.15, 0.2) is 46.8 Å². The second-order valence-electron chi connectivity index (χ2n) is 7.10. The molecule has 0 atom stereocenters. The van der Waals surface area contributed by atoms with Gasteiger partial charge in [0.15, 0.2) is 5.96 Å². The van der Waals surface area contributed by atoms with Crippen molar-refractivity contribution in [2.45, 2.75) is 39.2 Å². The lowest BCUT2D eigenvalue weighted by Gasteiger charge is -2.25. The third-order valence-electron chi connectivity index (χ3n) is 4.29. The van der Waals surface area contributed by atoms with Crippen molar-refractivity contribution in [3.8, 4) is 0 Å². The zero-order valence-corrected chi connectivity index (χ0v) is 17.5. The summed E-state index contributed by atoms with van der Waals surface area (Å²) in [6, 6.07) is 11.9. The van der Waals surface area contributed by atoms with Gasteiger partial charge in [0, 0.05) is 42.5 Å². The molecule has 1 aromatic carbocycles. The minimum absolute atomic E-state index is 0.0288. The largest absolute Gasteiger partial charge is 0.356 e. The van der Waals surface area contributed by atoms with Gasteiger partial charge in [-0.25, -0.2) is 0 Å². The van der Waals surface area contributed by atoms with Gasteiger partial charge in [0.2, 0.25) is 0 Å². The average Bonchev–Trinajstić information content (AvgIpc) is 3.22. The van der Waals surface area contributed by atoms with Crippen LogP contribution in [0.4, 0.5) is 0 Å². The van der Waals surface area contributed by atoms with E-state index < -0.39 is 0 Å². The van der Waals surface area contributed by atoms with Crippen LogP contribution in [-0.2, 0) is 12.0 Å². The van der Waals surface area contributed by atoms with Crippen molar-refractivity contribution in [1.82, 2.24) is 16.0 Å². The molecule has 1 amide bonds. The van der Waals surface area contributed by atoms with Gasteiger partial charge in [0.05, 0.1) is 0 Å². The predicted molar refractivity (Wildman–Crippen MR) is 115 cm³/mol. The number of hydrogen-bond donors (Lipinski definition) is 3. The van der Waals surface area contributed by atoms with Crippen molar-refractivity contribution in [3.05, 3.63) is 57.8 Å². The molecule has 1 heterocycles. The summed E-state index contributed by atoms with van der Waals surface area (Å²) in [5.74, 6) is 0.722. The van der Waals surface area contributed by atoms with E-state index in [-0.39, 0.29) is 11.3 Å². The zero-order chi connectivity index (χ0) is 19.7. The number of guanidine groups is 1. The van der Waals surface area contributed by atoms with Crippen molar-refractivity contribution < 1.29 is 4.79 Å². The van der Waals surface area contributed by atoms with E-state index in [0.717, 1.165) is 24.5 Å². The molecule has 0 saturated heterocycles. The van der Waals surface area contributed by atoms with Crippen LogP contribution in [0.2, 0.25) is 0 Å². The van der Waals surface area contributed by atoms with Gasteiger partial charge in [0.25, 0.3) is 5.91 Å². The summed E-state index contributed by atoms with van der Waals surface area (Å²) in [7, 11) is 1.77. The Morgan fingerprint density at radius 1 is 1.15 bits per heavy atom. The van der Waals surface area contributed by atoms with Gasteiger partial charge in [0.1, 0.15) is 0 Å². The van der Waals surface area contributed by atoms with E-state index in [4.69, 9.17) is 0 Å². The van der Waals surface area contributed by atoms with E-state index in [1.807, 2.05) is 31.2 Å². The van der Waals surface area contributed by atoms with E-state index in [1.165, 1.54) is 4.88 Å². The highest BCUT2D eigenvalue weighted by Gasteiger charge is 2.21. The van der Waals surface area contributed by atoms with Gasteiger partial charge in [-0.05, 0) is 35.6 Å². The molecule has 146 valence electrons. The summed E-state index contributed by atoms with van der Waals surface area (Å²) in [5, 5.41) is 11.7. The number of hydrogen-bond acceptors (Lipinski definition) is 3. The standard InChI is InChI=1S/C21H30N4OS/c1-5-11-23-19(26)17-9-6-8-16(13-17)14-24-20(22-4)25-15-21(2,3)18-10-7-12-27-18/h6-10,12-13H,5,11,14-15H2,1-4H3,(H,23,26)(H2,22,24,25). The zero-order valence-electron chi connectivity index (χ0n) is 16.6. The van der Waals surface area contributed by atoms with Crippen LogP contribution in [-0.4, -0.2) is 32.0 Å². The average molecular weight is 387 g/mol. The fraction of sp³-hybridized carbons (Fsp3) is 0.429. The third-order valence-corrected chi connectivity index (χ3v) is 5.53. The predicted octanol–water partition coefficient (Wildman–Crippen LogP) is 3.53. The number of carbonyl (C=O) groups is 1. The first-order valence-electron chi connectivity index (χ1n) is 9.32. The molecule has 3 N–H and O–H groups in total. The number of thiophene rings is 1. The maximum atomic E-state index is 12.1. The number of carbonyl (C=O) groups excluding carboxylic acids is 1. The Labute approximate surface area is 166 Å². The second kappa shape index (κ2) is 10.1. The van der Waals surface area contributed by atoms with Crippen LogP contribution in [0.1, 0.15) is 48.0 Å². The molecular formula is C21H30N4OS. The fourth-order valence-corrected chi connectivity index (χ4v) is 3.48. The molecule has 6 heteroatoms. The topological polar surface area (TPSA) is 65.5 Å². The third kappa shape index (κ3) is 6.40. The lowest BCUT2D eigenvalue weighted by Crippen LogP contribution is -2.43. The molecule has 0 fully saturated rings. The normalized spacial score (nSPS) is 11.9. The van der Waals surface area contributed by atoms with Gasteiger partial charge in [-0.2, -0.15) is 0 Å². The summed E-state index contributed by atoms with van der Waals surface area (Å²) >= 11 is 1.77. The number of aliphatic imine (C=N–C) groups is 1. The molecule has 1 aromatic heterocycles. The quantitative estimate of drug-likeness (QED) is 0.480. The van der Waals surface area contributed by atoms with Crippen LogP contribution in [0, 0.1) is 0 Å². The number of rotatable bonds is 8. The Balaban J connectivity index is 1.90. The molecule has 27 heavy (non-hydrogen) atoms. The van der Waals surface area contributed by atoms with Crippen LogP contribution in [0.25, 0.3) is 0 Å². The van der Waals surface area contributed by atoms with E-state index in [2.05, 4.69) is 52.3 Å². The molecule has 0 spiro atoms. The Hall–Kier alpha value is -2.34. The first-order chi connectivity index (χ1) is 13.0. The second-order valence-corrected chi connectivity index (χ2v) is 8.04. The number of benzene rings is 1. The molecule has 0 aliphatic heterocycles. The van der Waals surface area contributed by atoms with E-state index in [0.29, 0.717) is 18.7 Å². The molecular weight excluding hydrogens is 356 g/mol. The minimum atomic E-state index is -0.0288. The van der Waals surface area contributed by atoms with Crippen LogP contribution < -0.4 is 16.0 Å². The summed E-state index contributed by atoms with van der Waals surface area (Å²) in [6.07, 6.45) is 0.927. The summed E-state index contributed by atoms with van der Waals surface area (Å²) in [5.41, 5.74) is 1.76. The summed E-state index contributed by atoms with van der Waals surface area (Å²) in [6.45, 7) is 8.56. The van der Waals surface area contributed by atoms with Gasteiger partial charge < -0.3 is 16.0 Å². The number of nitrogens with zero attached hydrogens (tertiary/aromatic N) is 1. The van der Waals surface area contributed by atoms with Gasteiger partial charge in [-0.15, -0.1) is 11.3 Å². The maximum Gasteiger partial charge on any atom is 0.251 e. The van der Waals surface area contributed by atoms with Crippen molar-refractivity contribution in [1.29, 1.82) is 0 Å². The SMILES string of the molecule is CCCNC(=O)c1cccc(CNC(=NC)NCC(C)(C)c2cccs2)c1. The van der Waals surface area contributed by atoms with Gasteiger partial charge in [-0.3, -0.25) is 9.79 Å². The summed E-state index contributed by atoms with van der Waals surface area (Å²) < 4.78 is 0. The monoisotopic (exact) mass is 386 g/mol. The maximum absolute atomic E-state index is 12.1. The smallest absolute Gasteiger partial charge is 0.251 e. The first-order valence-corrected chi connectivity index (χ1v) is 10.2. The Morgan fingerprint density at radius 3 is 2.63 bits per heavy atom. The Bertz CT molecular complexity index is 753. The molecule has 5 nitrogen and oxygen atoms in total. The molecule has 0 aliphatic carbocycles. The van der Waals surface area contributed by atoms with Crippen LogP contribution in [0.5, 0.6) is 0 Å². The number of amides is 1. The van der Waals surface area contributed by atoms with Crippen molar-refractivity contribution in [2.24, 2.45) is 4.99 Å². The molecule has 2 rings (SSSR count). The lowest BCUT2D eigenvalue weighted by molar-refractivity contribution is 0.0953. The molecule has 2 aromatic rings. The Morgan fingerprint density at radius 2 is 1.96 bits per heavy atom. The molecule has 0 saturated carbocycles. The molecule has 0 bridgehead atoms. The van der Waals surface area contributed by atoms with Crippen molar-refractivity contribution in [3.63, 3.8) is 0 Å². The van der Waals surface area contributed by atoms with Crippen molar-refractivity contribution in [2.75, 3.05) is 20.1 Å². The van der Waals surface area contributed by atoms with E-state index in [1.54, 1.807) is 18.4 Å². The molecule has 0 unspecified atom stereocenters. The van der Waals surface area contributed by atoms with Gasteiger partial charge in [-0.1, -0.05) is 39.0 Å². The highest BCUT2D eigenvalue weighted by atomic mass is 32.1. The highest BCUT2D eigenvalue weighted by molar-refractivity contribution is 7.10. The highest BCUT2D eigenvalue weighted by Crippen LogP contribution is 2.26.